The van der Waals surface area contributed by atoms with Gasteiger partial charge < -0.3 is 24.1 Å². The Kier molecular flexibility index (Phi) is 6.19. The lowest BCUT2D eigenvalue weighted by Gasteiger charge is -2.51. The van der Waals surface area contributed by atoms with Gasteiger partial charge in [0, 0.05) is 13.0 Å². The van der Waals surface area contributed by atoms with Crippen LogP contribution in [-0.4, -0.2) is 37.0 Å². The van der Waals surface area contributed by atoms with E-state index in [0.29, 0.717) is 17.8 Å². The van der Waals surface area contributed by atoms with Crippen LogP contribution in [-0.2, 0) is 14.2 Å². The molecule has 2 aliphatic heterocycles. The van der Waals surface area contributed by atoms with Crippen LogP contribution in [0.1, 0.15) is 101 Å². The van der Waals surface area contributed by atoms with E-state index in [4.69, 9.17) is 18.9 Å². The van der Waals surface area contributed by atoms with E-state index in [1.54, 1.807) is 0 Å². The average Bonchev–Trinajstić information content (AvgIpc) is 3.17. The molecule has 2 saturated heterocycles. The lowest BCUT2D eigenvalue weighted by Crippen LogP contribution is -2.46. The van der Waals surface area contributed by atoms with E-state index in [1.165, 1.54) is 31.2 Å². The van der Waals surface area contributed by atoms with Crippen molar-refractivity contribution in [3.63, 3.8) is 0 Å². The molecule has 0 bridgehead atoms. The first-order valence-corrected chi connectivity index (χ1v) is 13.5. The normalized spacial score (nSPS) is 42.8. The molecule has 1 aromatic carbocycles. The van der Waals surface area contributed by atoms with Crippen LogP contribution in [0.2, 0.25) is 0 Å². The summed E-state index contributed by atoms with van der Waals surface area (Å²) in [4.78, 5) is 0. The number of aliphatic hydroxyl groups excluding tert-OH is 1. The second kappa shape index (κ2) is 9.14. The Morgan fingerprint density at radius 3 is 2.45 bits per heavy atom. The zero-order valence-corrected chi connectivity index (χ0v) is 20.0. The number of hydrogen-bond donors (Lipinski definition) is 1. The average molecular weight is 457 g/mol. The third-order valence-corrected chi connectivity index (χ3v) is 9.52. The van der Waals surface area contributed by atoms with Crippen molar-refractivity contribution in [2.45, 2.75) is 108 Å². The van der Waals surface area contributed by atoms with Crippen molar-refractivity contribution in [2.75, 3.05) is 13.2 Å². The lowest BCUT2D eigenvalue weighted by atomic mass is 9.55. The Bertz CT molecular complexity index is 830. The largest absolute Gasteiger partial charge is 0.465 e. The molecule has 0 aromatic heterocycles. The van der Waals surface area contributed by atoms with Crippen molar-refractivity contribution in [2.24, 2.45) is 17.3 Å². The molecule has 2 heterocycles. The molecule has 0 radical (unpaired) electrons. The van der Waals surface area contributed by atoms with Gasteiger partial charge in [0.1, 0.15) is 5.75 Å². The van der Waals surface area contributed by atoms with Gasteiger partial charge in [0.05, 0.1) is 18.8 Å². The van der Waals surface area contributed by atoms with Gasteiger partial charge in [-0.15, -0.1) is 0 Å². The predicted octanol–water partition coefficient (Wildman–Crippen LogP) is 5.85. The number of hydrogen-bond acceptors (Lipinski definition) is 5. The maximum Gasteiger partial charge on any atom is 0.199 e. The van der Waals surface area contributed by atoms with E-state index >= 15 is 0 Å². The minimum Gasteiger partial charge on any atom is -0.465 e. The summed E-state index contributed by atoms with van der Waals surface area (Å²) >= 11 is 0. The fourth-order valence-electron chi connectivity index (χ4n) is 7.77. The highest BCUT2D eigenvalue weighted by molar-refractivity contribution is 5.42. The summed E-state index contributed by atoms with van der Waals surface area (Å²) in [5, 5.41) is 11.2. The SMILES string of the molecule is C[C@]12CC[C@@H]3c4ccc(O[C@@H]5CCCCO5)cc4[C@@H](O)C[C@H]3[C@@H]1CC[C@@H]2O[C@H]1CCCCO1. The molecule has 5 heteroatoms. The van der Waals surface area contributed by atoms with Crippen LogP contribution < -0.4 is 4.74 Å². The Hall–Kier alpha value is -1.14. The molecule has 4 fully saturated rings. The van der Waals surface area contributed by atoms with Crippen molar-refractivity contribution < 1.29 is 24.1 Å². The molecule has 6 rings (SSSR count). The van der Waals surface area contributed by atoms with Gasteiger partial charge in [0.2, 0.25) is 0 Å². The minimum absolute atomic E-state index is 0.0127. The second-order valence-electron chi connectivity index (χ2n) is 11.4. The Labute approximate surface area is 198 Å². The van der Waals surface area contributed by atoms with E-state index in [0.717, 1.165) is 69.5 Å². The fraction of sp³-hybridized carbons (Fsp3) is 0.786. The van der Waals surface area contributed by atoms with Gasteiger partial charge in [-0.2, -0.15) is 0 Å². The summed E-state index contributed by atoms with van der Waals surface area (Å²) in [5.41, 5.74) is 2.62. The molecule has 1 aromatic rings. The van der Waals surface area contributed by atoms with E-state index in [-0.39, 0.29) is 24.1 Å². The van der Waals surface area contributed by atoms with Crippen molar-refractivity contribution >= 4 is 0 Å². The first-order valence-electron chi connectivity index (χ1n) is 13.5. The number of benzene rings is 1. The number of ether oxygens (including phenoxy) is 4. The van der Waals surface area contributed by atoms with Crippen LogP contribution in [0.3, 0.4) is 0 Å². The van der Waals surface area contributed by atoms with Crippen molar-refractivity contribution in [3.05, 3.63) is 29.3 Å². The lowest BCUT2D eigenvalue weighted by molar-refractivity contribution is -0.213. The van der Waals surface area contributed by atoms with E-state index in [1.807, 2.05) is 0 Å². The first kappa shape index (κ1) is 22.3. The van der Waals surface area contributed by atoms with Crippen molar-refractivity contribution in [3.8, 4) is 5.75 Å². The molecule has 0 amide bonds. The van der Waals surface area contributed by atoms with Crippen molar-refractivity contribution in [1.82, 2.24) is 0 Å². The highest BCUT2D eigenvalue weighted by Crippen LogP contribution is 2.63. The van der Waals surface area contributed by atoms with Gasteiger partial charge in [-0.25, -0.2) is 0 Å². The van der Waals surface area contributed by atoms with Gasteiger partial charge in [-0.3, -0.25) is 0 Å². The molecule has 1 N–H and O–H groups in total. The van der Waals surface area contributed by atoms with Crippen LogP contribution in [0.5, 0.6) is 5.75 Å². The Morgan fingerprint density at radius 2 is 1.70 bits per heavy atom. The highest BCUT2D eigenvalue weighted by atomic mass is 16.7. The molecule has 33 heavy (non-hydrogen) atoms. The summed E-state index contributed by atoms with van der Waals surface area (Å²) in [5.74, 6) is 2.51. The molecule has 0 unspecified atom stereocenters. The summed E-state index contributed by atoms with van der Waals surface area (Å²) in [6.07, 6.45) is 11.9. The number of fused-ring (bicyclic) bond motifs is 5. The van der Waals surface area contributed by atoms with Gasteiger partial charge in [-0.1, -0.05) is 13.0 Å². The highest BCUT2D eigenvalue weighted by Gasteiger charge is 2.56. The van der Waals surface area contributed by atoms with Crippen LogP contribution in [0, 0.1) is 17.3 Å². The Morgan fingerprint density at radius 1 is 0.909 bits per heavy atom. The molecule has 8 atom stereocenters. The van der Waals surface area contributed by atoms with E-state index in [2.05, 4.69) is 25.1 Å². The standard InChI is InChI=1S/C28H40O5/c1-28-13-12-20-19-9-8-18(32-26-6-2-4-14-30-26)16-22(19)24(29)17-21(20)23(28)10-11-25(28)33-27-7-3-5-15-31-27/h8-9,16,20-21,23-27,29H,2-7,10-15,17H2,1H3/t20-,21-,23+,24+,25+,26-,27+,28+/m1/s1. The quantitative estimate of drug-likeness (QED) is 0.616. The molecule has 3 aliphatic carbocycles. The predicted molar refractivity (Wildman–Crippen MR) is 125 cm³/mol. The molecule has 2 saturated carbocycles. The molecule has 5 aliphatic rings. The van der Waals surface area contributed by atoms with Gasteiger partial charge >= 0.3 is 0 Å². The maximum absolute atomic E-state index is 11.2. The van der Waals surface area contributed by atoms with E-state index in [9.17, 15) is 5.11 Å². The Balaban J connectivity index is 1.19. The monoisotopic (exact) mass is 456 g/mol. The van der Waals surface area contributed by atoms with Crippen LogP contribution in [0.15, 0.2) is 18.2 Å². The summed E-state index contributed by atoms with van der Waals surface area (Å²) < 4.78 is 24.4. The van der Waals surface area contributed by atoms with Gasteiger partial charge in [0.25, 0.3) is 0 Å². The number of rotatable bonds is 4. The molecular weight excluding hydrogens is 416 g/mol. The van der Waals surface area contributed by atoms with Gasteiger partial charge in [0.15, 0.2) is 12.6 Å². The number of aliphatic hydroxyl groups is 1. The third-order valence-electron chi connectivity index (χ3n) is 9.52. The topological polar surface area (TPSA) is 57.2 Å². The second-order valence-corrected chi connectivity index (χ2v) is 11.4. The summed E-state index contributed by atoms with van der Waals surface area (Å²) in [7, 11) is 0. The zero-order valence-electron chi connectivity index (χ0n) is 20.0. The van der Waals surface area contributed by atoms with Crippen LogP contribution >= 0.6 is 0 Å². The van der Waals surface area contributed by atoms with Gasteiger partial charge in [-0.05, 0) is 111 Å². The summed E-state index contributed by atoms with van der Waals surface area (Å²) in [6, 6.07) is 6.42. The maximum atomic E-state index is 11.2. The third kappa shape index (κ3) is 4.13. The van der Waals surface area contributed by atoms with Crippen LogP contribution in [0.25, 0.3) is 0 Å². The first-order chi connectivity index (χ1) is 16.1. The van der Waals surface area contributed by atoms with E-state index < -0.39 is 6.10 Å². The molecule has 0 spiro atoms. The molecule has 5 nitrogen and oxygen atoms in total. The zero-order chi connectivity index (χ0) is 22.4. The minimum atomic E-state index is -0.416. The molecule has 182 valence electrons. The smallest absolute Gasteiger partial charge is 0.199 e. The van der Waals surface area contributed by atoms with Crippen LogP contribution in [0.4, 0.5) is 0 Å². The summed E-state index contributed by atoms with van der Waals surface area (Å²) in [6.45, 7) is 4.07. The molecular formula is C28H40O5. The fourth-order valence-corrected chi connectivity index (χ4v) is 7.77. The van der Waals surface area contributed by atoms with Crippen molar-refractivity contribution in [1.29, 1.82) is 0 Å².